The number of rotatable bonds is 6. The zero-order valence-electron chi connectivity index (χ0n) is 15.4. The fourth-order valence-corrected chi connectivity index (χ4v) is 4.87. The molecule has 2 rings (SSSR count). The molecule has 0 aromatic rings. The van der Waals surface area contributed by atoms with E-state index in [0.29, 0.717) is 11.3 Å². The molecular formula is C21H36O2. The van der Waals surface area contributed by atoms with Crippen LogP contribution in [0.3, 0.4) is 0 Å². The summed E-state index contributed by atoms with van der Waals surface area (Å²) in [6.45, 7) is 6.00. The number of Topliss-reactive ketones (excluding diaryl/α,β-unsaturated/α-hetero) is 1. The van der Waals surface area contributed by atoms with Crippen molar-refractivity contribution in [1.29, 1.82) is 0 Å². The van der Waals surface area contributed by atoms with E-state index in [0.717, 1.165) is 37.5 Å². The van der Waals surface area contributed by atoms with Gasteiger partial charge in [-0.25, -0.2) is 0 Å². The summed E-state index contributed by atoms with van der Waals surface area (Å²) in [6, 6.07) is 0. The SMILES string of the molecule is CCC(CC)/C(O)=C(\C)C(=O)C1CCC(C2CCCCC2)CC1. The minimum atomic E-state index is 0.150. The summed E-state index contributed by atoms with van der Waals surface area (Å²) in [7, 11) is 0. The van der Waals surface area contributed by atoms with Crippen LogP contribution in [-0.4, -0.2) is 10.9 Å². The van der Waals surface area contributed by atoms with Crippen LogP contribution in [0.15, 0.2) is 11.3 Å². The van der Waals surface area contributed by atoms with Gasteiger partial charge < -0.3 is 5.11 Å². The Bertz CT molecular complexity index is 406. The Balaban J connectivity index is 1.91. The van der Waals surface area contributed by atoms with Crippen LogP contribution in [0.4, 0.5) is 0 Å². The minimum Gasteiger partial charge on any atom is -0.512 e. The van der Waals surface area contributed by atoms with Crippen molar-refractivity contribution in [2.24, 2.45) is 23.7 Å². The van der Waals surface area contributed by atoms with E-state index in [2.05, 4.69) is 13.8 Å². The summed E-state index contributed by atoms with van der Waals surface area (Å²) in [4.78, 5) is 12.7. The van der Waals surface area contributed by atoms with Crippen LogP contribution < -0.4 is 0 Å². The third-order valence-electron chi connectivity index (χ3n) is 6.59. The number of aliphatic hydroxyl groups excluding tert-OH is 1. The van der Waals surface area contributed by atoms with Gasteiger partial charge in [-0.05, 0) is 57.3 Å². The molecule has 2 aliphatic rings. The first-order valence-electron chi connectivity index (χ1n) is 10.0. The van der Waals surface area contributed by atoms with Gasteiger partial charge in [-0.1, -0.05) is 46.0 Å². The molecule has 0 aliphatic heterocycles. The predicted octanol–water partition coefficient (Wildman–Crippen LogP) is 6.21. The minimum absolute atomic E-state index is 0.150. The van der Waals surface area contributed by atoms with Gasteiger partial charge in [0.2, 0.25) is 0 Å². The summed E-state index contributed by atoms with van der Waals surface area (Å²) in [5, 5.41) is 10.4. The molecule has 0 amide bonds. The van der Waals surface area contributed by atoms with E-state index in [1.165, 1.54) is 44.9 Å². The molecule has 0 unspecified atom stereocenters. The third-order valence-corrected chi connectivity index (χ3v) is 6.59. The second kappa shape index (κ2) is 8.89. The number of carbonyl (C=O) groups excluding carboxylic acids is 1. The van der Waals surface area contributed by atoms with Gasteiger partial charge in [0.25, 0.3) is 0 Å². The highest BCUT2D eigenvalue weighted by molar-refractivity contribution is 5.97. The second-order valence-corrected chi connectivity index (χ2v) is 7.90. The lowest BCUT2D eigenvalue weighted by Gasteiger charge is -2.35. The van der Waals surface area contributed by atoms with Crippen molar-refractivity contribution in [3.05, 3.63) is 11.3 Å². The Kier molecular flexibility index (Phi) is 7.17. The lowest BCUT2D eigenvalue weighted by Crippen LogP contribution is -2.28. The summed E-state index contributed by atoms with van der Waals surface area (Å²) >= 11 is 0. The molecule has 2 saturated carbocycles. The first kappa shape index (κ1) is 18.5. The molecule has 0 radical (unpaired) electrons. The van der Waals surface area contributed by atoms with Gasteiger partial charge in [0.1, 0.15) is 5.76 Å². The lowest BCUT2D eigenvalue weighted by atomic mass is 9.70. The molecule has 0 aromatic carbocycles. The van der Waals surface area contributed by atoms with Gasteiger partial charge in [-0.2, -0.15) is 0 Å². The number of hydrogen-bond acceptors (Lipinski definition) is 2. The second-order valence-electron chi connectivity index (χ2n) is 7.90. The molecule has 2 fully saturated rings. The molecule has 0 bridgehead atoms. The number of carbonyl (C=O) groups is 1. The van der Waals surface area contributed by atoms with Crippen molar-refractivity contribution in [1.82, 2.24) is 0 Å². The van der Waals surface area contributed by atoms with Gasteiger partial charge >= 0.3 is 0 Å². The first-order valence-corrected chi connectivity index (χ1v) is 10.0. The van der Waals surface area contributed by atoms with Crippen molar-refractivity contribution in [2.45, 2.75) is 91.4 Å². The standard InChI is InChI=1S/C21H36O2/c1-4-16(5-2)20(22)15(3)21(23)19-13-11-18(12-14-19)17-9-7-6-8-10-17/h16-19,22H,4-14H2,1-3H3/b20-15-. The molecule has 0 spiro atoms. The highest BCUT2D eigenvalue weighted by Crippen LogP contribution is 2.40. The van der Waals surface area contributed by atoms with E-state index < -0.39 is 0 Å². The first-order chi connectivity index (χ1) is 11.1. The largest absolute Gasteiger partial charge is 0.512 e. The predicted molar refractivity (Wildman–Crippen MR) is 96.4 cm³/mol. The molecule has 2 heteroatoms. The van der Waals surface area contributed by atoms with Gasteiger partial charge in [0, 0.05) is 17.4 Å². The van der Waals surface area contributed by atoms with Crippen molar-refractivity contribution in [3.8, 4) is 0 Å². The van der Waals surface area contributed by atoms with E-state index in [1.807, 2.05) is 6.92 Å². The molecule has 1 N–H and O–H groups in total. The molecular weight excluding hydrogens is 284 g/mol. The average Bonchev–Trinajstić information content (AvgIpc) is 2.62. The maximum atomic E-state index is 12.7. The molecule has 2 aliphatic carbocycles. The van der Waals surface area contributed by atoms with Crippen LogP contribution in [0.2, 0.25) is 0 Å². The molecule has 0 saturated heterocycles. The Morgan fingerprint density at radius 2 is 1.43 bits per heavy atom. The molecule has 0 aromatic heterocycles. The van der Waals surface area contributed by atoms with Crippen molar-refractivity contribution in [3.63, 3.8) is 0 Å². The normalized spacial score (nSPS) is 27.8. The molecule has 0 heterocycles. The highest BCUT2D eigenvalue weighted by Gasteiger charge is 2.32. The van der Waals surface area contributed by atoms with E-state index in [4.69, 9.17) is 0 Å². The van der Waals surface area contributed by atoms with Crippen molar-refractivity contribution < 1.29 is 9.90 Å². The van der Waals surface area contributed by atoms with Crippen molar-refractivity contribution >= 4 is 5.78 Å². The maximum absolute atomic E-state index is 12.7. The Morgan fingerprint density at radius 1 is 0.913 bits per heavy atom. The van der Waals surface area contributed by atoms with Gasteiger partial charge in [0.15, 0.2) is 5.78 Å². The topological polar surface area (TPSA) is 37.3 Å². The Hall–Kier alpha value is -0.790. The number of aliphatic hydroxyl groups is 1. The van der Waals surface area contributed by atoms with Crippen LogP contribution in [0.5, 0.6) is 0 Å². The average molecular weight is 321 g/mol. The molecule has 132 valence electrons. The van der Waals surface area contributed by atoms with E-state index in [1.54, 1.807) is 0 Å². The smallest absolute Gasteiger partial charge is 0.164 e. The van der Waals surface area contributed by atoms with E-state index >= 15 is 0 Å². The maximum Gasteiger partial charge on any atom is 0.164 e. The zero-order chi connectivity index (χ0) is 16.8. The van der Waals surface area contributed by atoms with Crippen LogP contribution in [0, 0.1) is 23.7 Å². The number of allylic oxidation sites excluding steroid dienone is 2. The Morgan fingerprint density at radius 3 is 1.96 bits per heavy atom. The molecule has 2 nitrogen and oxygen atoms in total. The number of ketones is 1. The van der Waals surface area contributed by atoms with E-state index in [-0.39, 0.29) is 17.6 Å². The molecule has 0 atom stereocenters. The fraction of sp³-hybridized carbons (Fsp3) is 0.857. The molecule has 23 heavy (non-hydrogen) atoms. The summed E-state index contributed by atoms with van der Waals surface area (Å²) < 4.78 is 0. The Labute approximate surface area is 142 Å². The summed E-state index contributed by atoms with van der Waals surface area (Å²) in [6.07, 6.45) is 13.4. The van der Waals surface area contributed by atoms with Crippen LogP contribution in [0.1, 0.15) is 91.4 Å². The monoisotopic (exact) mass is 320 g/mol. The van der Waals surface area contributed by atoms with Gasteiger partial charge in [-0.3, -0.25) is 4.79 Å². The van der Waals surface area contributed by atoms with Crippen LogP contribution in [0.25, 0.3) is 0 Å². The van der Waals surface area contributed by atoms with E-state index in [9.17, 15) is 9.90 Å². The summed E-state index contributed by atoms with van der Waals surface area (Å²) in [5.41, 5.74) is 0.639. The summed E-state index contributed by atoms with van der Waals surface area (Å²) in [5.74, 6) is 2.67. The van der Waals surface area contributed by atoms with Crippen molar-refractivity contribution in [2.75, 3.05) is 0 Å². The van der Waals surface area contributed by atoms with Crippen LogP contribution in [-0.2, 0) is 4.79 Å². The number of hydrogen-bond donors (Lipinski definition) is 1. The third kappa shape index (κ3) is 4.61. The lowest BCUT2D eigenvalue weighted by molar-refractivity contribution is -0.120. The van der Waals surface area contributed by atoms with Gasteiger partial charge in [0.05, 0.1) is 0 Å². The van der Waals surface area contributed by atoms with Gasteiger partial charge in [-0.15, -0.1) is 0 Å². The highest BCUT2D eigenvalue weighted by atomic mass is 16.3. The quantitative estimate of drug-likeness (QED) is 0.466. The fourth-order valence-electron chi connectivity index (χ4n) is 4.87. The van der Waals surface area contributed by atoms with Crippen LogP contribution >= 0.6 is 0 Å². The zero-order valence-corrected chi connectivity index (χ0v) is 15.4.